The summed E-state index contributed by atoms with van der Waals surface area (Å²) in [5, 5.41) is 34.0. The van der Waals surface area contributed by atoms with Crippen LogP contribution in [0.25, 0.3) is 0 Å². The molecular formula is C60H62Cl2F2N4O11. The molecule has 2 aliphatic heterocycles. The first-order chi connectivity index (χ1) is 38.0. The maximum absolute atomic E-state index is 13.2. The van der Waals surface area contributed by atoms with Crippen molar-refractivity contribution in [2.45, 2.75) is 87.9 Å². The van der Waals surface area contributed by atoms with Crippen LogP contribution in [0.5, 0.6) is 34.5 Å². The predicted molar refractivity (Wildman–Crippen MR) is 294 cm³/mol. The average Bonchev–Trinajstić information content (AvgIpc) is 4.37. The summed E-state index contributed by atoms with van der Waals surface area (Å²) in [6, 6.07) is 32.3. The zero-order valence-corrected chi connectivity index (χ0v) is 44.7. The molecule has 2 aliphatic carbocycles. The number of Topliss-reactive ketones (excluding diaryl/α,β-unsaturated/α-hetero) is 2. The molecule has 6 N–H and O–H groups in total. The number of hydrogen-bond acceptors (Lipinski definition) is 13. The summed E-state index contributed by atoms with van der Waals surface area (Å²) in [6.07, 6.45) is 7.43. The molecular weight excluding hydrogens is 1060 g/mol. The van der Waals surface area contributed by atoms with Crippen LogP contribution in [0, 0.1) is 11.6 Å². The van der Waals surface area contributed by atoms with Gasteiger partial charge in [-0.15, -0.1) is 0 Å². The average molecular weight is 1120 g/mol. The Labute approximate surface area is 466 Å². The third-order valence-electron chi connectivity index (χ3n) is 13.3. The van der Waals surface area contributed by atoms with Crippen molar-refractivity contribution in [1.29, 1.82) is 0 Å². The first-order valence-corrected chi connectivity index (χ1v) is 27.0. The number of aliphatic hydroxyl groups excluding tert-OH is 2. The van der Waals surface area contributed by atoms with Gasteiger partial charge in [0.05, 0.1) is 34.4 Å². The van der Waals surface area contributed by atoms with Crippen molar-refractivity contribution in [3.05, 3.63) is 177 Å². The Morgan fingerprint density at radius 1 is 0.570 bits per heavy atom. The van der Waals surface area contributed by atoms with E-state index < -0.39 is 47.5 Å². The molecule has 2 heterocycles. The second-order valence-corrected chi connectivity index (χ2v) is 20.6. The minimum Gasteiger partial charge on any atom is -0.489 e. The van der Waals surface area contributed by atoms with Crippen molar-refractivity contribution in [2.75, 3.05) is 39.3 Å². The molecule has 1 amide bonds. The molecule has 0 radical (unpaired) electrons. The number of carboxylic acids is 1. The fraction of sp³-hybridized carbons (Fsp3) is 0.333. The molecule has 0 bridgehead atoms. The highest BCUT2D eigenvalue weighted by molar-refractivity contribution is 6.43. The van der Waals surface area contributed by atoms with Gasteiger partial charge in [0.2, 0.25) is 5.78 Å². The largest absolute Gasteiger partial charge is 0.489 e. The first kappa shape index (κ1) is 58.2. The molecule has 10 rings (SSSR count). The number of carbonyl (C=O) groups is 4. The van der Waals surface area contributed by atoms with E-state index in [-0.39, 0.29) is 29.1 Å². The van der Waals surface area contributed by atoms with Crippen molar-refractivity contribution in [1.82, 2.24) is 15.1 Å². The zero-order valence-electron chi connectivity index (χ0n) is 43.2. The number of aliphatic hydroxyl groups is 2. The highest BCUT2D eigenvalue weighted by Gasteiger charge is 2.31. The molecule has 6 aromatic rings. The number of carbonyl (C=O) groups excluding carboxylic acids is 3. The van der Waals surface area contributed by atoms with Crippen LogP contribution in [-0.4, -0.2) is 112 Å². The number of likely N-dealkylation sites (tertiary alicyclic amines) is 2. The van der Waals surface area contributed by atoms with Gasteiger partial charge < -0.3 is 55.1 Å². The Morgan fingerprint density at radius 2 is 1.00 bits per heavy atom. The zero-order chi connectivity index (χ0) is 56.0. The SMILES string of the molecule is N[C@H](CN1CCCC1)C(O)c1ccc(OC2CC2)c(Cl)c1.O=C(N[C@H](CN1CCCC1)[C@H](O)c1ccc(OC2CC2)c(Cl)c1)C(=O)c1cccc(Oc2ccc(F)cc2)c1.O=C(O)C(=O)c1cccc(Oc2ccc(F)cc2)c1. The lowest BCUT2D eigenvalue weighted by atomic mass is 10.0. The van der Waals surface area contributed by atoms with E-state index in [9.17, 15) is 38.2 Å². The van der Waals surface area contributed by atoms with Crippen LogP contribution in [0.2, 0.25) is 10.0 Å². The number of nitrogens with one attached hydrogen (secondary N) is 1. The molecule has 4 atom stereocenters. The normalized spacial score (nSPS) is 16.6. The summed E-state index contributed by atoms with van der Waals surface area (Å²) < 4.78 is 48.5. The first-order valence-electron chi connectivity index (χ1n) is 26.2. The fourth-order valence-corrected chi connectivity index (χ4v) is 9.27. The van der Waals surface area contributed by atoms with Gasteiger partial charge in [-0.2, -0.15) is 0 Å². The molecule has 2 saturated heterocycles. The van der Waals surface area contributed by atoms with Gasteiger partial charge in [-0.25, -0.2) is 13.6 Å². The number of halogens is 4. The summed E-state index contributed by atoms with van der Waals surface area (Å²) in [5.74, 6) is -2.23. The predicted octanol–water partition coefficient (Wildman–Crippen LogP) is 10.5. The standard InChI is InChI=1S/C30H30ClFN2O5.C16H23ClN2O2.C14H9FO4/c31-25-17-20(6-13-27(25)39-23-11-12-23)28(35)26(18-34-14-1-2-15-34)33-30(37)29(36)19-4-3-5-24(16-19)38-22-9-7-21(32)8-10-22;17-13-9-11(3-6-15(13)21-12-4-5-12)16(20)14(18)10-19-7-1-2-8-19;15-10-4-6-11(7-5-10)19-12-3-1-2-9(8-12)13(16)14(17)18/h3-10,13,16-17,23,26,28,35H,1-2,11-12,14-15,18H2,(H,33,37);3,6,9,12,14,16,20H,1-2,4-5,7-8,10,18H2;1-8H,(H,17,18)/t26-,28-;14-,16?;/m11./s1. The number of amides is 1. The van der Waals surface area contributed by atoms with Gasteiger partial charge in [0.1, 0.15) is 52.2 Å². The Balaban J connectivity index is 0.000000172. The monoisotopic (exact) mass is 1120 g/mol. The van der Waals surface area contributed by atoms with Crippen LogP contribution in [0.1, 0.15) is 95.4 Å². The summed E-state index contributed by atoms with van der Waals surface area (Å²) in [5.41, 5.74) is 7.58. The number of ether oxygens (including phenoxy) is 4. The highest BCUT2D eigenvalue weighted by Crippen LogP contribution is 2.36. The van der Waals surface area contributed by atoms with E-state index in [0.29, 0.717) is 62.8 Å². The lowest BCUT2D eigenvalue weighted by molar-refractivity contribution is -0.131. The lowest BCUT2D eigenvalue weighted by Crippen LogP contribution is -2.48. The van der Waals surface area contributed by atoms with Crippen LogP contribution in [0.15, 0.2) is 133 Å². The minimum atomic E-state index is -1.53. The van der Waals surface area contributed by atoms with Crippen LogP contribution in [0.4, 0.5) is 8.78 Å². The maximum Gasteiger partial charge on any atom is 0.377 e. The van der Waals surface area contributed by atoms with Crippen LogP contribution >= 0.6 is 23.2 Å². The molecule has 416 valence electrons. The molecule has 19 heteroatoms. The molecule has 6 aromatic carbocycles. The number of nitrogens with zero attached hydrogens (tertiary/aromatic N) is 2. The lowest BCUT2D eigenvalue weighted by Gasteiger charge is -2.28. The van der Waals surface area contributed by atoms with E-state index in [0.717, 1.165) is 76.8 Å². The quantitative estimate of drug-likeness (QED) is 0.0336. The number of rotatable bonds is 21. The van der Waals surface area contributed by atoms with Crippen molar-refractivity contribution < 1.29 is 62.2 Å². The van der Waals surface area contributed by atoms with Gasteiger partial charge in [0.15, 0.2) is 0 Å². The van der Waals surface area contributed by atoms with Gasteiger partial charge in [0, 0.05) is 30.3 Å². The number of carboxylic acid groups (broad SMARTS) is 1. The summed E-state index contributed by atoms with van der Waals surface area (Å²) in [4.78, 5) is 52.5. The second-order valence-electron chi connectivity index (χ2n) is 19.8. The van der Waals surface area contributed by atoms with Crippen molar-refractivity contribution in [3.8, 4) is 34.5 Å². The van der Waals surface area contributed by atoms with Crippen LogP contribution < -0.4 is 30.0 Å². The summed E-state index contributed by atoms with van der Waals surface area (Å²) in [7, 11) is 0. The van der Waals surface area contributed by atoms with Gasteiger partial charge in [-0.05, 0) is 186 Å². The van der Waals surface area contributed by atoms with Gasteiger partial charge >= 0.3 is 5.97 Å². The van der Waals surface area contributed by atoms with Gasteiger partial charge in [0.25, 0.3) is 11.7 Å². The van der Waals surface area contributed by atoms with Crippen molar-refractivity contribution in [2.24, 2.45) is 5.73 Å². The number of nitrogens with two attached hydrogens (primary N) is 1. The second kappa shape index (κ2) is 27.8. The molecule has 15 nitrogen and oxygen atoms in total. The third-order valence-corrected chi connectivity index (χ3v) is 13.9. The van der Waals surface area contributed by atoms with Crippen molar-refractivity contribution in [3.63, 3.8) is 0 Å². The van der Waals surface area contributed by atoms with Crippen molar-refractivity contribution >= 4 is 46.6 Å². The topological polar surface area (TPSA) is 210 Å². The fourth-order valence-electron chi connectivity index (χ4n) is 8.80. The molecule has 0 spiro atoms. The van der Waals surface area contributed by atoms with Crippen LogP contribution in [-0.2, 0) is 9.59 Å². The Morgan fingerprint density at radius 3 is 1.43 bits per heavy atom. The molecule has 4 aliphatic rings. The number of ketones is 2. The number of hydrogen-bond donors (Lipinski definition) is 5. The smallest absolute Gasteiger partial charge is 0.377 e. The van der Waals surface area contributed by atoms with Gasteiger partial charge in [-0.3, -0.25) is 14.4 Å². The van der Waals surface area contributed by atoms with E-state index >= 15 is 0 Å². The highest BCUT2D eigenvalue weighted by atomic mass is 35.5. The van der Waals surface area contributed by atoms with E-state index in [1.54, 1.807) is 42.5 Å². The Hall–Kier alpha value is -6.96. The third kappa shape index (κ3) is 17.5. The molecule has 4 fully saturated rings. The van der Waals surface area contributed by atoms with Gasteiger partial charge in [-0.1, -0.05) is 59.6 Å². The van der Waals surface area contributed by atoms with Crippen LogP contribution in [0.3, 0.4) is 0 Å². The minimum absolute atomic E-state index is 0.0205. The molecule has 1 unspecified atom stereocenters. The Bertz CT molecular complexity index is 3040. The number of aliphatic carboxylic acids is 1. The summed E-state index contributed by atoms with van der Waals surface area (Å²) in [6.45, 7) is 4.96. The molecule has 2 saturated carbocycles. The van der Waals surface area contributed by atoms with E-state index in [1.807, 2.05) is 12.1 Å². The van der Waals surface area contributed by atoms with E-state index in [1.165, 1.54) is 91.7 Å². The molecule has 0 aromatic heterocycles. The van der Waals surface area contributed by atoms with E-state index in [2.05, 4.69) is 15.1 Å². The van der Waals surface area contributed by atoms with E-state index in [4.69, 9.17) is 53.0 Å². The number of benzene rings is 6. The maximum atomic E-state index is 13.2. The summed E-state index contributed by atoms with van der Waals surface area (Å²) >= 11 is 12.7. The Kier molecular flexibility index (Phi) is 20.5. The molecule has 79 heavy (non-hydrogen) atoms.